The van der Waals surface area contributed by atoms with Gasteiger partial charge in [0, 0.05) is 36.3 Å². The molecular formula is C76H143Cl6N3Si2Zr3. The van der Waals surface area contributed by atoms with Gasteiger partial charge < -0.3 is 44.6 Å². The van der Waals surface area contributed by atoms with E-state index in [1.165, 1.54) is 109 Å². The zero-order valence-corrected chi connectivity index (χ0v) is 75.2. The molecule has 524 valence electrons. The number of halogens is 6. The Kier molecular flexibility index (Phi) is 41.4. The van der Waals surface area contributed by atoms with Gasteiger partial charge in [-0.2, -0.15) is 0 Å². The van der Waals surface area contributed by atoms with Gasteiger partial charge in [0.25, 0.3) is 0 Å². The van der Waals surface area contributed by atoms with Crippen molar-refractivity contribution in [1.29, 1.82) is 0 Å². The summed E-state index contributed by atoms with van der Waals surface area (Å²) < 4.78 is 0. The van der Waals surface area contributed by atoms with Crippen LogP contribution in [0.1, 0.15) is 245 Å². The van der Waals surface area contributed by atoms with E-state index in [0.29, 0.717) is 0 Å². The van der Waals surface area contributed by atoms with E-state index in [4.69, 9.17) is 51.1 Å². The topological polar surface area (TPSA) is 9.72 Å². The zero-order chi connectivity index (χ0) is 60.0. The van der Waals surface area contributed by atoms with Crippen LogP contribution in [-0.2, 0) is 62.5 Å². The van der Waals surface area contributed by atoms with Gasteiger partial charge in [-0.05, 0) is 216 Å². The molecule has 0 amide bonds. The van der Waals surface area contributed by atoms with Crippen LogP contribution in [0.5, 0.6) is 0 Å². The number of fused-ring (bicyclic) bond motifs is 15. The van der Waals surface area contributed by atoms with Gasteiger partial charge in [-0.25, -0.2) is 0 Å². The number of nitrogens with zero attached hydrogens (tertiary/aromatic N) is 3. The van der Waals surface area contributed by atoms with Crippen LogP contribution in [0.25, 0.3) is 0 Å². The molecule has 15 fully saturated rings. The summed E-state index contributed by atoms with van der Waals surface area (Å²) in [5.74, 6) is 16.0. The molecule has 3 heterocycles. The second kappa shape index (κ2) is 41.9. The molecule has 0 N–H and O–H groups in total. The quantitative estimate of drug-likeness (QED) is 0.205. The molecule has 3 saturated heterocycles. The number of rotatable bonds is 4. The molecule has 15 rings (SSSR count). The minimum atomic E-state index is -1.20. The van der Waals surface area contributed by atoms with Crippen molar-refractivity contribution in [3.63, 3.8) is 0 Å². The molecule has 0 spiro atoms. The number of hydrogen-bond acceptors (Lipinski definition) is 3. The Bertz CT molecular complexity index is 1940. The van der Waals surface area contributed by atoms with E-state index in [9.17, 15) is 0 Å². The van der Waals surface area contributed by atoms with Crippen molar-refractivity contribution in [2.75, 3.05) is 21.1 Å². The average Bonchev–Trinajstić information content (AvgIpc) is 1.56. The van der Waals surface area contributed by atoms with Crippen LogP contribution in [-0.4, -0.2) is 88.2 Å². The maximum atomic E-state index is 4.93. The molecule has 15 aliphatic rings. The van der Waals surface area contributed by atoms with Gasteiger partial charge in [0.05, 0.1) is 16.1 Å². The Balaban J connectivity index is 0.000000312. The second-order valence-electron chi connectivity index (χ2n) is 33.5. The van der Waals surface area contributed by atoms with Crippen molar-refractivity contribution >= 4 is 67.2 Å². The zero-order valence-electron chi connectivity index (χ0n) is 61.3. The van der Waals surface area contributed by atoms with E-state index >= 15 is 0 Å². The SMILES string of the molecule is C1CCCC1.CC1CCC2C(C1)C1C(C3CCCCC3C1[Si](C)(C)C1CCCC1)N2C.CC1CCC2C(C1)C1C3CCCCC3C([Si](C)(C)C3CCCC3)C1N2C.CC1CCC2C(C1)C1CC3CCCCC3C1N2C.[CH3-].[CH3-].[CH3-].[CH3-].[CH3-].[CH3-].[Cl][Zr+2][Cl].[Cl][Zr+2][Cl].[Cl][Zr+2][Cl]. The summed E-state index contributed by atoms with van der Waals surface area (Å²) in [4.78, 5) is 8.84. The Labute approximate surface area is 621 Å². The van der Waals surface area contributed by atoms with Gasteiger partial charge in [0.1, 0.15) is 0 Å². The first kappa shape index (κ1) is 88.9. The number of hydrogen-bond donors (Lipinski definition) is 0. The van der Waals surface area contributed by atoms with Crippen molar-refractivity contribution < 1.29 is 62.5 Å². The van der Waals surface area contributed by atoms with Gasteiger partial charge in [-0.15, -0.1) is 0 Å². The molecule has 14 heteroatoms. The minimum absolute atomic E-state index is 0. The fourth-order valence-electron chi connectivity index (χ4n) is 26.2. The van der Waals surface area contributed by atoms with E-state index in [1.807, 2.05) is 0 Å². The fourth-order valence-corrected chi connectivity index (χ4v) is 36.9. The first-order chi connectivity index (χ1) is 40.5. The van der Waals surface area contributed by atoms with Crippen LogP contribution in [0.3, 0.4) is 0 Å². The normalized spacial score (nSPS) is 41.7. The Morgan fingerprint density at radius 3 is 1.07 bits per heavy atom. The summed E-state index contributed by atoms with van der Waals surface area (Å²) in [5.41, 5.74) is 4.57. The molecule has 0 aromatic heterocycles. The monoisotopic (exact) mass is 1630 g/mol. The fraction of sp³-hybridized carbons (Fsp3) is 0.921. The Morgan fingerprint density at radius 2 is 0.611 bits per heavy atom. The van der Waals surface area contributed by atoms with Crippen LogP contribution < -0.4 is 0 Å². The summed E-state index contributed by atoms with van der Waals surface area (Å²) in [6.07, 6.45) is 53.8. The standard InChI is InChI=1S/2C24H43NSi.C17H29N.C5H10.6CH3.6ClH.3Zr/c1-16-13-14-21-20(15-16)22-23(25(21)2)18-11-7-8-12-19(18)24(22)26(3,4)17-9-5-6-10-17;1-16-13-14-21-20(15-16)22-18-11-7-8-12-19(18)24(23(22)25(21)2)26(3,4)17-9-5-6-10-17;1-11-7-8-16-14(9-11)15-10-12-5-3-4-6-13(12)17(15)18(16)2;1-2-4-5-3-1;;;;;;;;;;;;;;;/h2*16-24H,5-15H2,1-4H3;11-17H,3-10H2,1-2H3;1-5H2;6*1H3;6*1H;;;/q;;;;6*-1;;;;;;;3*+4/p-6. The maximum absolute atomic E-state index is 4.93. The van der Waals surface area contributed by atoms with Crippen molar-refractivity contribution in [3.05, 3.63) is 44.6 Å². The molecular weight excluding hydrogens is 1500 g/mol. The molecule has 3 nitrogen and oxygen atoms in total. The van der Waals surface area contributed by atoms with Crippen molar-refractivity contribution in [3.8, 4) is 0 Å². The molecule has 0 radical (unpaired) electrons. The van der Waals surface area contributed by atoms with Crippen LogP contribution in [0, 0.1) is 133 Å². The molecule has 12 saturated carbocycles. The summed E-state index contributed by atoms with van der Waals surface area (Å²) in [6, 6.07) is 5.78. The van der Waals surface area contributed by atoms with Gasteiger partial charge >= 0.3 is 114 Å². The van der Waals surface area contributed by atoms with Crippen molar-refractivity contribution in [2.45, 2.75) is 330 Å². The molecule has 3 aliphatic heterocycles. The third-order valence-corrected chi connectivity index (χ3v) is 39.7. The molecule has 23 atom stereocenters. The van der Waals surface area contributed by atoms with Gasteiger partial charge in [0.15, 0.2) is 0 Å². The number of likely N-dealkylation sites (tertiary alicyclic amines) is 3. The van der Waals surface area contributed by atoms with Crippen LogP contribution in [0.4, 0.5) is 0 Å². The molecule has 0 bridgehead atoms. The van der Waals surface area contributed by atoms with E-state index in [-0.39, 0.29) is 44.6 Å². The first-order valence-electron chi connectivity index (χ1n) is 36.5. The third-order valence-electron chi connectivity index (χ3n) is 29.3. The van der Waals surface area contributed by atoms with Gasteiger partial charge in [-0.1, -0.05) is 188 Å². The van der Waals surface area contributed by atoms with Crippen molar-refractivity contribution in [2.24, 2.45) is 88.8 Å². The van der Waals surface area contributed by atoms with Gasteiger partial charge in [0.2, 0.25) is 0 Å². The molecule has 0 aromatic rings. The second-order valence-corrected chi connectivity index (χ2v) is 55.0. The van der Waals surface area contributed by atoms with E-state index < -0.39 is 78.7 Å². The first-order valence-corrected chi connectivity index (χ1v) is 61.8. The Morgan fingerprint density at radius 1 is 0.289 bits per heavy atom. The molecule has 12 aliphatic carbocycles. The summed E-state index contributed by atoms with van der Waals surface area (Å²) in [5, 5.41) is 0. The predicted octanol–water partition coefficient (Wildman–Crippen LogP) is 25.8. The summed E-state index contributed by atoms with van der Waals surface area (Å²) in [7, 11) is 34.8. The third kappa shape index (κ3) is 19.5. The van der Waals surface area contributed by atoms with Crippen LogP contribution >= 0.6 is 51.1 Å². The van der Waals surface area contributed by atoms with E-state index in [0.717, 1.165) is 147 Å². The summed E-state index contributed by atoms with van der Waals surface area (Å²) in [6.45, 7) is 19.0. The molecule has 23 unspecified atom stereocenters. The van der Waals surface area contributed by atoms with Crippen molar-refractivity contribution in [1.82, 2.24) is 14.7 Å². The Hall–Kier alpha value is 4.70. The molecule has 90 heavy (non-hydrogen) atoms. The average molecular weight is 1640 g/mol. The van der Waals surface area contributed by atoms with Crippen LogP contribution in [0.15, 0.2) is 0 Å². The van der Waals surface area contributed by atoms with Crippen LogP contribution in [0.2, 0.25) is 48.4 Å². The van der Waals surface area contributed by atoms with Gasteiger partial charge in [-0.3, -0.25) is 14.7 Å². The predicted molar refractivity (Wildman–Crippen MR) is 401 cm³/mol. The summed E-state index contributed by atoms with van der Waals surface area (Å²) >= 11 is -2.48. The van der Waals surface area contributed by atoms with E-state index in [2.05, 4.69) is 82.8 Å². The van der Waals surface area contributed by atoms with E-state index in [1.54, 1.807) is 116 Å². The molecule has 0 aromatic carbocycles.